The average Bonchev–Trinajstić information content (AvgIpc) is 3.52. The fourth-order valence-electron chi connectivity index (χ4n) is 6.89. The fraction of sp³-hybridized carbons (Fsp3) is 0. The van der Waals surface area contributed by atoms with E-state index in [1.165, 1.54) is 38.4 Å². The van der Waals surface area contributed by atoms with Crippen LogP contribution in [0.3, 0.4) is 0 Å². The van der Waals surface area contributed by atoms with Crippen molar-refractivity contribution in [1.29, 1.82) is 0 Å². The van der Waals surface area contributed by atoms with Gasteiger partial charge in [0.05, 0.1) is 0 Å². The second kappa shape index (κ2) is 11.9. The van der Waals surface area contributed by atoms with Crippen molar-refractivity contribution in [2.75, 3.05) is 0 Å². The molecular formula is C39H30B5N3O. The number of benzene rings is 6. The van der Waals surface area contributed by atoms with E-state index < -0.39 is 0 Å². The molecule has 8 rings (SSSR count). The van der Waals surface area contributed by atoms with Gasteiger partial charge >= 0.3 is 0 Å². The van der Waals surface area contributed by atoms with Gasteiger partial charge in [0.2, 0.25) is 0 Å². The van der Waals surface area contributed by atoms with Gasteiger partial charge in [0.25, 0.3) is 0 Å². The zero-order valence-corrected chi connectivity index (χ0v) is 27.8. The first-order chi connectivity index (χ1) is 23.4. The predicted molar refractivity (Wildman–Crippen MR) is 215 cm³/mol. The first-order valence-corrected chi connectivity index (χ1v) is 16.4. The van der Waals surface area contributed by atoms with Crippen molar-refractivity contribution in [2.45, 2.75) is 0 Å². The molecule has 0 saturated heterocycles. The standard InChI is InChI=1S/C39H30B5N3O/c40-32-30(33(41)35(43)36(44)34(32)42)22-16-14-21(15-17-22)26-12-7-13-28-31(26)27-19-18-25(20-29(27)48-28)39-46-37(23-8-3-1-4-9-23)45-38(47-39)24-10-5-2-6-11-24/h1-20H,40-44H2. The molecule has 4 nitrogen and oxygen atoms in total. The molecule has 0 spiro atoms. The van der Waals surface area contributed by atoms with Gasteiger partial charge in [0.1, 0.15) is 50.4 Å². The molecule has 6 aromatic carbocycles. The van der Waals surface area contributed by atoms with E-state index in [0.717, 1.165) is 49.8 Å². The van der Waals surface area contributed by atoms with Crippen LogP contribution in [0.5, 0.6) is 0 Å². The fourth-order valence-corrected chi connectivity index (χ4v) is 6.89. The van der Waals surface area contributed by atoms with Crippen LogP contribution in [-0.2, 0) is 0 Å². The Morgan fingerprint density at radius 3 is 1.48 bits per heavy atom. The Labute approximate surface area is 284 Å². The molecular weight excluding hydrogens is 581 g/mol. The SMILES string of the molecule is Bc1c(B)c(B)c(-c2ccc(-c3cccc4oc5cc(-c6nc(-c7ccccc7)nc(-c7ccccc7)n6)ccc5c34)cc2)c(B)c1B. The van der Waals surface area contributed by atoms with Gasteiger partial charge in [-0.25, -0.2) is 15.0 Å². The summed E-state index contributed by atoms with van der Waals surface area (Å²) in [5, 5.41) is 2.16. The molecule has 0 N–H and O–H groups in total. The Kier molecular flexibility index (Phi) is 7.41. The minimum absolute atomic E-state index is 0.605. The monoisotopic (exact) mass is 611 g/mol. The third kappa shape index (κ3) is 5.07. The number of hydrogen-bond donors (Lipinski definition) is 0. The lowest BCUT2D eigenvalue weighted by molar-refractivity contribution is 0.669. The molecule has 0 aliphatic carbocycles. The van der Waals surface area contributed by atoms with Gasteiger partial charge in [-0.1, -0.05) is 114 Å². The van der Waals surface area contributed by atoms with Crippen LogP contribution >= 0.6 is 0 Å². The molecule has 0 unspecified atom stereocenters. The van der Waals surface area contributed by atoms with Crippen molar-refractivity contribution < 1.29 is 4.42 Å². The summed E-state index contributed by atoms with van der Waals surface area (Å²) in [4.78, 5) is 14.7. The molecule has 48 heavy (non-hydrogen) atoms. The molecule has 0 fully saturated rings. The Balaban J connectivity index is 1.22. The normalized spacial score (nSPS) is 11.3. The molecule has 0 radical (unpaired) electrons. The largest absolute Gasteiger partial charge is 0.456 e. The first-order valence-electron chi connectivity index (χ1n) is 16.4. The maximum Gasteiger partial charge on any atom is 0.164 e. The highest BCUT2D eigenvalue weighted by Gasteiger charge is 2.18. The van der Waals surface area contributed by atoms with Gasteiger partial charge in [-0.15, -0.1) is 16.4 Å². The highest BCUT2D eigenvalue weighted by Crippen LogP contribution is 2.38. The van der Waals surface area contributed by atoms with E-state index in [1.54, 1.807) is 0 Å². The molecule has 0 bridgehead atoms. The highest BCUT2D eigenvalue weighted by molar-refractivity contribution is 6.68. The molecule has 222 valence electrons. The van der Waals surface area contributed by atoms with Crippen LogP contribution in [0.15, 0.2) is 126 Å². The maximum absolute atomic E-state index is 6.50. The van der Waals surface area contributed by atoms with Gasteiger partial charge in [0.15, 0.2) is 17.5 Å². The van der Waals surface area contributed by atoms with E-state index >= 15 is 0 Å². The zero-order valence-electron chi connectivity index (χ0n) is 27.8. The van der Waals surface area contributed by atoms with Crippen LogP contribution in [0.25, 0.3) is 78.4 Å². The van der Waals surface area contributed by atoms with Crippen LogP contribution in [0.2, 0.25) is 0 Å². The van der Waals surface area contributed by atoms with Gasteiger partial charge in [-0.05, 0) is 40.5 Å². The molecule has 0 aliphatic rings. The minimum atomic E-state index is 0.605. The number of rotatable bonds is 5. The van der Waals surface area contributed by atoms with Crippen molar-refractivity contribution in [3.05, 3.63) is 121 Å². The van der Waals surface area contributed by atoms with Crippen LogP contribution in [0.1, 0.15) is 0 Å². The first kappa shape index (κ1) is 29.8. The summed E-state index contributed by atoms with van der Waals surface area (Å²) in [5.41, 5.74) is 16.1. The molecule has 0 saturated carbocycles. The van der Waals surface area contributed by atoms with Crippen LogP contribution in [-0.4, -0.2) is 54.2 Å². The van der Waals surface area contributed by atoms with Crippen LogP contribution < -0.4 is 27.3 Å². The summed E-state index contributed by atoms with van der Waals surface area (Å²) in [6.07, 6.45) is 0. The smallest absolute Gasteiger partial charge is 0.164 e. The van der Waals surface area contributed by atoms with Gasteiger partial charge in [-0.3, -0.25) is 0 Å². The third-order valence-electron chi connectivity index (χ3n) is 9.94. The lowest BCUT2D eigenvalue weighted by Gasteiger charge is -2.20. The lowest BCUT2D eigenvalue weighted by Crippen LogP contribution is -2.55. The Hall–Kier alpha value is -5.55. The van der Waals surface area contributed by atoms with Gasteiger partial charge < -0.3 is 4.42 Å². The topological polar surface area (TPSA) is 51.8 Å². The number of aromatic nitrogens is 3. The van der Waals surface area contributed by atoms with E-state index in [2.05, 4.69) is 93.8 Å². The minimum Gasteiger partial charge on any atom is -0.456 e. The highest BCUT2D eigenvalue weighted by atomic mass is 16.3. The quantitative estimate of drug-likeness (QED) is 0.277. The van der Waals surface area contributed by atoms with Crippen molar-refractivity contribution in [2.24, 2.45) is 0 Å². The third-order valence-corrected chi connectivity index (χ3v) is 9.94. The average molecular weight is 611 g/mol. The molecule has 9 heteroatoms. The van der Waals surface area contributed by atoms with Crippen molar-refractivity contribution in [3.63, 3.8) is 0 Å². The summed E-state index contributed by atoms with van der Waals surface area (Å²) in [5.74, 6) is 1.88. The van der Waals surface area contributed by atoms with E-state index in [9.17, 15) is 0 Å². The van der Waals surface area contributed by atoms with Crippen molar-refractivity contribution in [3.8, 4) is 56.4 Å². The predicted octanol–water partition coefficient (Wildman–Crippen LogP) is 1.40. The zero-order chi connectivity index (χ0) is 32.9. The van der Waals surface area contributed by atoms with Crippen molar-refractivity contribution in [1.82, 2.24) is 15.0 Å². The Bertz CT molecular complexity index is 2410. The molecule has 2 heterocycles. The maximum atomic E-state index is 6.50. The molecule has 2 aromatic heterocycles. The van der Waals surface area contributed by atoms with Gasteiger partial charge in [-0.2, -0.15) is 0 Å². The lowest BCUT2D eigenvalue weighted by atomic mass is 9.59. The summed E-state index contributed by atoms with van der Waals surface area (Å²) in [7, 11) is 11.2. The van der Waals surface area contributed by atoms with E-state index in [1.807, 2.05) is 66.7 Å². The second-order valence-electron chi connectivity index (χ2n) is 12.6. The number of hydrogen-bond acceptors (Lipinski definition) is 4. The molecule has 0 amide bonds. The Morgan fingerprint density at radius 1 is 0.396 bits per heavy atom. The number of furan rings is 1. The van der Waals surface area contributed by atoms with Crippen LogP contribution in [0, 0.1) is 0 Å². The van der Waals surface area contributed by atoms with Crippen LogP contribution in [0.4, 0.5) is 0 Å². The Morgan fingerprint density at radius 2 is 0.896 bits per heavy atom. The van der Waals surface area contributed by atoms with Gasteiger partial charge in [0, 0.05) is 27.5 Å². The number of nitrogens with zero attached hydrogens (tertiary/aromatic N) is 3. The van der Waals surface area contributed by atoms with E-state index in [-0.39, 0.29) is 0 Å². The summed E-state index contributed by atoms with van der Waals surface area (Å²) >= 11 is 0. The van der Waals surface area contributed by atoms with Crippen molar-refractivity contribution >= 4 is 88.5 Å². The summed E-state index contributed by atoms with van der Waals surface area (Å²) in [6.45, 7) is 0. The summed E-state index contributed by atoms with van der Waals surface area (Å²) in [6, 6.07) is 41.6. The molecule has 0 aliphatic heterocycles. The molecule has 8 aromatic rings. The number of fused-ring (bicyclic) bond motifs is 3. The van der Waals surface area contributed by atoms with E-state index in [0.29, 0.717) is 17.5 Å². The summed E-state index contributed by atoms with van der Waals surface area (Å²) < 4.78 is 6.50. The molecule has 0 atom stereocenters. The van der Waals surface area contributed by atoms with E-state index in [4.69, 9.17) is 19.4 Å². The second-order valence-corrected chi connectivity index (χ2v) is 12.6.